The van der Waals surface area contributed by atoms with Crippen LogP contribution in [0.25, 0.3) is 0 Å². The SMILES string of the molecule is O=C(CSC12CC3CC(CC(C3)C1)C2)Nc1ccc(C[NH+]2CCCC2)cc1. The second kappa shape index (κ2) is 7.44. The van der Waals surface area contributed by atoms with Gasteiger partial charge in [-0.1, -0.05) is 12.1 Å². The lowest BCUT2D eigenvalue weighted by Gasteiger charge is -2.56. The zero-order valence-corrected chi connectivity index (χ0v) is 17.2. The topological polar surface area (TPSA) is 33.5 Å². The van der Waals surface area contributed by atoms with Gasteiger partial charge in [-0.05, 0) is 68.4 Å². The molecule has 5 aliphatic rings. The van der Waals surface area contributed by atoms with Gasteiger partial charge in [-0.15, -0.1) is 11.8 Å². The number of anilines is 1. The van der Waals surface area contributed by atoms with E-state index in [1.54, 1.807) is 4.90 Å². The number of rotatable bonds is 6. The number of thioether (sulfide) groups is 1. The summed E-state index contributed by atoms with van der Waals surface area (Å²) in [6, 6.07) is 8.54. The van der Waals surface area contributed by atoms with Crippen LogP contribution in [0.5, 0.6) is 0 Å². The lowest BCUT2D eigenvalue weighted by molar-refractivity contribution is -0.901. The minimum atomic E-state index is 0.175. The second-order valence-electron chi connectivity index (χ2n) is 9.77. The molecule has 1 amide bonds. The fourth-order valence-corrected chi connectivity index (χ4v) is 8.24. The molecule has 0 aromatic heterocycles. The van der Waals surface area contributed by atoms with E-state index < -0.39 is 0 Å². The van der Waals surface area contributed by atoms with Gasteiger partial charge in [-0.2, -0.15) is 0 Å². The van der Waals surface area contributed by atoms with E-state index in [1.807, 2.05) is 11.8 Å². The lowest BCUT2D eigenvalue weighted by atomic mass is 9.56. The van der Waals surface area contributed by atoms with Crippen molar-refractivity contribution in [3.05, 3.63) is 29.8 Å². The molecular formula is C23H33N2OS+. The summed E-state index contributed by atoms with van der Waals surface area (Å²) in [6.45, 7) is 3.73. The Morgan fingerprint density at radius 3 is 2.19 bits per heavy atom. The average molecular weight is 386 g/mol. The van der Waals surface area contributed by atoms with Crippen LogP contribution in [0.15, 0.2) is 24.3 Å². The number of benzene rings is 1. The number of nitrogens with one attached hydrogen (secondary N) is 2. The van der Waals surface area contributed by atoms with Crippen molar-refractivity contribution in [2.45, 2.75) is 62.7 Å². The maximum Gasteiger partial charge on any atom is 0.234 e. The summed E-state index contributed by atoms with van der Waals surface area (Å²) in [5.41, 5.74) is 2.33. The van der Waals surface area contributed by atoms with Crippen molar-refractivity contribution >= 4 is 23.4 Å². The zero-order valence-electron chi connectivity index (χ0n) is 16.3. The van der Waals surface area contributed by atoms with Gasteiger partial charge in [0.2, 0.25) is 5.91 Å². The van der Waals surface area contributed by atoms with Crippen LogP contribution in [-0.4, -0.2) is 29.5 Å². The molecule has 4 heteroatoms. The first kappa shape index (κ1) is 18.1. The average Bonchev–Trinajstić information content (AvgIpc) is 3.14. The molecule has 0 unspecified atom stereocenters. The predicted octanol–water partition coefficient (Wildman–Crippen LogP) is 3.51. The molecule has 6 rings (SSSR count). The van der Waals surface area contributed by atoms with Gasteiger partial charge in [0, 0.05) is 28.8 Å². The third kappa shape index (κ3) is 4.07. The smallest absolute Gasteiger partial charge is 0.234 e. The van der Waals surface area contributed by atoms with Crippen LogP contribution in [0, 0.1) is 17.8 Å². The fraction of sp³-hybridized carbons (Fsp3) is 0.696. The van der Waals surface area contributed by atoms with E-state index in [-0.39, 0.29) is 5.91 Å². The molecule has 1 aliphatic heterocycles. The van der Waals surface area contributed by atoms with Gasteiger partial charge in [0.25, 0.3) is 0 Å². The standard InChI is InChI=1S/C23H32N2OS/c26-22(16-27-23-12-18-9-19(13-23)11-20(10-18)14-23)24-21-5-3-17(4-6-21)15-25-7-1-2-8-25/h3-6,18-20H,1-2,7-16H2,(H,24,26)/p+1. The molecule has 4 bridgehead atoms. The summed E-state index contributed by atoms with van der Waals surface area (Å²) >= 11 is 1.97. The third-order valence-corrected chi connectivity index (χ3v) is 9.01. The molecule has 1 aromatic rings. The summed E-state index contributed by atoms with van der Waals surface area (Å²) in [4.78, 5) is 14.2. The quantitative estimate of drug-likeness (QED) is 0.786. The number of carbonyl (C=O) groups excluding carboxylic acids is 1. The Hall–Kier alpha value is -1.00. The van der Waals surface area contributed by atoms with Crippen LogP contribution in [0.1, 0.15) is 56.9 Å². The Bertz CT molecular complexity index is 645. The molecule has 1 saturated heterocycles. The molecule has 146 valence electrons. The van der Waals surface area contributed by atoms with Gasteiger partial charge in [0.15, 0.2) is 0 Å². The Morgan fingerprint density at radius 2 is 1.59 bits per heavy atom. The van der Waals surface area contributed by atoms with Gasteiger partial charge < -0.3 is 10.2 Å². The normalized spacial score (nSPS) is 34.9. The molecule has 5 fully saturated rings. The van der Waals surface area contributed by atoms with Crippen LogP contribution in [0.4, 0.5) is 5.69 Å². The summed E-state index contributed by atoms with van der Waals surface area (Å²) in [6.07, 6.45) is 11.2. The highest BCUT2D eigenvalue weighted by Gasteiger charge is 2.51. The maximum absolute atomic E-state index is 12.5. The van der Waals surface area contributed by atoms with Crippen LogP contribution < -0.4 is 10.2 Å². The summed E-state index contributed by atoms with van der Waals surface area (Å²) in [7, 11) is 0. The Balaban J connectivity index is 1.12. The predicted molar refractivity (Wildman–Crippen MR) is 112 cm³/mol. The van der Waals surface area contributed by atoms with E-state index >= 15 is 0 Å². The monoisotopic (exact) mass is 385 g/mol. The van der Waals surface area contributed by atoms with Crippen LogP contribution >= 0.6 is 11.8 Å². The number of hydrogen-bond donors (Lipinski definition) is 2. The van der Waals surface area contributed by atoms with Crippen LogP contribution in [0.2, 0.25) is 0 Å². The first-order valence-corrected chi connectivity index (χ1v) is 12.0. The van der Waals surface area contributed by atoms with Gasteiger partial charge in [-0.3, -0.25) is 4.79 Å². The van der Waals surface area contributed by atoms with E-state index in [0.717, 1.165) is 30.0 Å². The molecule has 27 heavy (non-hydrogen) atoms. The minimum Gasteiger partial charge on any atom is -0.331 e. The van der Waals surface area contributed by atoms with Crippen molar-refractivity contribution in [3.8, 4) is 0 Å². The largest absolute Gasteiger partial charge is 0.331 e. The number of carbonyl (C=O) groups is 1. The maximum atomic E-state index is 12.5. The first-order valence-electron chi connectivity index (χ1n) is 11.0. The minimum absolute atomic E-state index is 0.175. The van der Waals surface area contributed by atoms with Crippen molar-refractivity contribution in [3.63, 3.8) is 0 Å². The van der Waals surface area contributed by atoms with Crippen LogP contribution in [-0.2, 0) is 11.3 Å². The van der Waals surface area contributed by atoms with E-state index in [9.17, 15) is 4.79 Å². The molecule has 1 heterocycles. The Kier molecular flexibility index (Phi) is 4.97. The number of hydrogen-bond acceptors (Lipinski definition) is 2. The summed E-state index contributed by atoms with van der Waals surface area (Å²) in [5.74, 6) is 3.66. The van der Waals surface area contributed by atoms with Gasteiger partial charge >= 0.3 is 0 Å². The number of amides is 1. The molecule has 0 radical (unpaired) electrons. The van der Waals surface area contributed by atoms with E-state index in [2.05, 4.69) is 29.6 Å². The molecular weight excluding hydrogens is 352 g/mol. The molecule has 4 aliphatic carbocycles. The van der Waals surface area contributed by atoms with Crippen molar-refractivity contribution < 1.29 is 9.69 Å². The van der Waals surface area contributed by atoms with Crippen molar-refractivity contribution in [2.75, 3.05) is 24.2 Å². The van der Waals surface area contributed by atoms with Gasteiger partial charge in [0.05, 0.1) is 18.8 Å². The number of likely N-dealkylation sites (tertiary alicyclic amines) is 1. The number of quaternary nitrogens is 1. The second-order valence-corrected chi connectivity index (χ2v) is 11.2. The molecule has 0 spiro atoms. The van der Waals surface area contributed by atoms with Gasteiger partial charge in [0.1, 0.15) is 6.54 Å². The van der Waals surface area contributed by atoms with E-state index in [4.69, 9.17) is 0 Å². The third-order valence-electron chi connectivity index (χ3n) is 7.49. The molecule has 3 nitrogen and oxygen atoms in total. The Morgan fingerprint density at radius 1 is 1.00 bits per heavy atom. The summed E-state index contributed by atoms with van der Waals surface area (Å²) in [5, 5.41) is 3.13. The zero-order chi connectivity index (χ0) is 18.3. The molecule has 4 saturated carbocycles. The molecule has 1 aromatic carbocycles. The first-order chi connectivity index (χ1) is 13.2. The summed E-state index contributed by atoms with van der Waals surface area (Å²) < 4.78 is 0.425. The molecule has 2 N–H and O–H groups in total. The van der Waals surface area contributed by atoms with Crippen molar-refractivity contribution in [1.82, 2.24) is 0 Å². The lowest BCUT2D eigenvalue weighted by Crippen LogP contribution is -3.08. The highest BCUT2D eigenvalue weighted by molar-refractivity contribution is 8.01. The van der Waals surface area contributed by atoms with Crippen molar-refractivity contribution in [2.24, 2.45) is 17.8 Å². The van der Waals surface area contributed by atoms with Crippen molar-refractivity contribution in [1.29, 1.82) is 0 Å². The molecule has 0 atom stereocenters. The van der Waals surface area contributed by atoms with Crippen LogP contribution in [0.3, 0.4) is 0 Å². The fourth-order valence-electron chi connectivity index (χ4n) is 6.67. The van der Waals surface area contributed by atoms with E-state index in [0.29, 0.717) is 10.5 Å². The highest BCUT2D eigenvalue weighted by Crippen LogP contribution is 2.60. The van der Waals surface area contributed by atoms with Gasteiger partial charge in [-0.25, -0.2) is 0 Å². The van der Waals surface area contributed by atoms with E-state index in [1.165, 1.54) is 70.0 Å². The Labute approximate surface area is 167 Å². The highest BCUT2D eigenvalue weighted by atomic mass is 32.2.